The highest BCUT2D eigenvalue weighted by Crippen LogP contribution is 2.04. The molecule has 0 aliphatic carbocycles. The summed E-state index contributed by atoms with van der Waals surface area (Å²) in [6.07, 6.45) is 0. The standard InChI is InChI=1S/C6H14FNO/c1-6(2,5-8)9-4-3-7/h3-5,8H2,1-2H3. The van der Waals surface area contributed by atoms with Crippen molar-refractivity contribution in [3.63, 3.8) is 0 Å². The zero-order chi connectivity index (χ0) is 7.33. The summed E-state index contributed by atoms with van der Waals surface area (Å²) in [5.74, 6) is 0. The van der Waals surface area contributed by atoms with Crippen LogP contribution in [-0.4, -0.2) is 25.4 Å². The minimum absolute atomic E-state index is 0.143. The number of hydrogen-bond donors (Lipinski definition) is 1. The molecule has 0 spiro atoms. The summed E-state index contributed by atoms with van der Waals surface area (Å²) in [7, 11) is 0. The summed E-state index contributed by atoms with van der Waals surface area (Å²) in [4.78, 5) is 0. The van der Waals surface area contributed by atoms with E-state index >= 15 is 0 Å². The van der Waals surface area contributed by atoms with Crippen LogP contribution in [0.1, 0.15) is 13.8 Å². The van der Waals surface area contributed by atoms with E-state index < -0.39 is 6.67 Å². The first-order valence-electron chi connectivity index (χ1n) is 3.02. The number of halogens is 1. The number of alkyl halides is 1. The molecule has 0 unspecified atom stereocenters. The fraction of sp³-hybridized carbons (Fsp3) is 1.00. The van der Waals surface area contributed by atoms with Gasteiger partial charge in [0.2, 0.25) is 0 Å². The van der Waals surface area contributed by atoms with Gasteiger partial charge in [0.1, 0.15) is 6.67 Å². The monoisotopic (exact) mass is 135 g/mol. The maximum absolute atomic E-state index is 11.5. The van der Waals surface area contributed by atoms with E-state index in [4.69, 9.17) is 10.5 Å². The summed E-state index contributed by atoms with van der Waals surface area (Å²) in [5.41, 5.74) is 4.93. The average molecular weight is 135 g/mol. The molecule has 0 aromatic heterocycles. The third-order valence-electron chi connectivity index (χ3n) is 1.06. The molecule has 0 radical (unpaired) electrons. The summed E-state index contributed by atoms with van der Waals surface area (Å²) in [6, 6.07) is 0. The lowest BCUT2D eigenvalue weighted by atomic mass is 10.1. The Labute approximate surface area is 55.2 Å². The smallest absolute Gasteiger partial charge is 0.113 e. The predicted octanol–water partition coefficient (Wildman–Crippen LogP) is 0.710. The highest BCUT2D eigenvalue weighted by atomic mass is 19.1. The fourth-order valence-electron chi connectivity index (χ4n) is 0.374. The van der Waals surface area contributed by atoms with Gasteiger partial charge in [-0.25, -0.2) is 4.39 Å². The van der Waals surface area contributed by atoms with Crippen LogP contribution < -0.4 is 5.73 Å². The van der Waals surface area contributed by atoms with Gasteiger partial charge < -0.3 is 10.5 Å². The predicted molar refractivity (Wildman–Crippen MR) is 35.1 cm³/mol. The lowest BCUT2D eigenvalue weighted by molar-refractivity contribution is -0.0161. The first-order chi connectivity index (χ1) is 4.12. The van der Waals surface area contributed by atoms with Crippen LogP contribution in [0, 0.1) is 0 Å². The van der Waals surface area contributed by atoms with E-state index in [1.54, 1.807) is 0 Å². The summed E-state index contributed by atoms with van der Waals surface area (Å²) < 4.78 is 16.5. The number of rotatable bonds is 4. The van der Waals surface area contributed by atoms with Gasteiger partial charge in [-0.2, -0.15) is 0 Å². The molecule has 0 fully saturated rings. The van der Waals surface area contributed by atoms with Gasteiger partial charge in [0.05, 0.1) is 12.2 Å². The first kappa shape index (κ1) is 8.85. The van der Waals surface area contributed by atoms with Crippen LogP contribution in [0.2, 0.25) is 0 Å². The van der Waals surface area contributed by atoms with E-state index in [2.05, 4.69) is 0 Å². The van der Waals surface area contributed by atoms with E-state index in [1.165, 1.54) is 0 Å². The van der Waals surface area contributed by atoms with Gasteiger partial charge in [0, 0.05) is 6.54 Å². The van der Waals surface area contributed by atoms with E-state index in [-0.39, 0.29) is 12.2 Å². The second-order valence-corrected chi connectivity index (χ2v) is 2.50. The first-order valence-corrected chi connectivity index (χ1v) is 3.02. The maximum Gasteiger partial charge on any atom is 0.113 e. The average Bonchev–Trinajstić information content (AvgIpc) is 1.84. The van der Waals surface area contributed by atoms with Gasteiger partial charge in [-0.3, -0.25) is 0 Å². The van der Waals surface area contributed by atoms with Crippen LogP contribution in [0.4, 0.5) is 4.39 Å². The Morgan fingerprint density at radius 2 is 2.11 bits per heavy atom. The zero-order valence-electron chi connectivity index (χ0n) is 5.98. The molecule has 56 valence electrons. The fourth-order valence-corrected chi connectivity index (χ4v) is 0.374. The van der Waals surface area contributed by atoms with Crippen molar-refractivity contribution in [1.82, 2.24) is 0 Å². The van der Waals surface area contributed by atoms with Crippen molar-refractivity contribution in [3.8, 4) is 0 Å². The minimum Gasteiger partial charge on any atom is -0.372 e. The molecule has 0 aliphatic rings. The molecule has 2 N–H and O–H groups in total. The van der Waals surface area contributed by atoms with Crippen molar-refractivity contribution in [3.05, 3.63) is 0 Å². The molecule has 0 amide bonds. The largest absolute Gasteiger partial charge is 0.372 e. The maximum atomic E-state index is 11.5. The molecule has 0 saturated carbocycles. The Bertz CT molecular complexity index is 75.5. The Morgan fingerprint density at radius 1 is 1.56 bits per heavy atom. The third-order valence-corrected chi connectivity index (χ3v) is 1.06. The number of nitrogens with two attached hydrogens (primary N) is 1. The van der Waals surface area contributed by atoms with E-state index in [0.717, 1.165) is 0 Å². The van der Waals surface area contributed by atoms with Gasteiger partial charge in [0.15, 0.2) is 0 Å². The molecular formula is C6H14FNO. The molecule has 9 heavy (non-hydrogen) atoms. The van der Waals surface area contributed by atoms with Crippen LogP contribution in [0.15, 0.2) is 0 Å². The van der Waals surface area contributed by atoms with Gasteiger partial charge in [-0.15, -0.1) is 0 Å². The summed E-state index contributed by atoms with van der Waals surface area (Å²) in [6.45, 7) is 3.80. The van der Waals surface area contributed by atoms with Crippen molar-refractivity contribution in [1.29, 1.82) is 0 Å². The normalized spacial score (nSPS) is 12.0. The Balaban J connectivity index is 3.33. The van der Waals surface area contributed by atoms with E-state index in [1.807, 2.05) is 13.8 Å². The van der Waals surface area contributed by atoms with E-state index in [0.29, 0.717) is 6.54 Å². The Hall–Kier alpha value is -0.150. The zero-order valence-corrected chi connectivity index (χ0v) is 5.98. The minimum atomic E-state index is -0.441. The quantitative estimate of drug-likeness (QED) is 0.616. The summed E-state index contributed by atoms with van der Waals surface area (Å²) >= 11 is 0. The molecule has 3 heteroatoms. The van der Waals surface area contributed by atoms with Crippen molar-refractivity contribution in [2.45, 2.75) is 19.4 Å². The third kappa shape index (κ3) is 4.36. The highest BCUT2D eigenvalue weighted by molar-refractivity contribution is 4.68. The molecular weight excluding hydrogens is 121 g/mol. The van der Waals surface area contributed by atoms with E-state index in [9.17, 15) is 4.39 Å². The SMILES string of the molecule is CC(C)(CN)OCCF. The van der Waals surface area contributed by atoms with Gasteiger partial charge in [-0.1, -0.05) is 0 Å². The van der Waals surface area contributed by atoms with Gasteiger partial charge >= 0.3 is 0 Å². The number of hydrogen-bond acceptors (Lipinski definition) is 2. The Kier molecular flexibility index (Phi) is 3.73. The van der Waals surface area contributed by atoms with Gasteiger partial charge in [0.25, 0.3) is 0 Å². The molecule has 0 aromatic rings. The lowest BCUT2D eigenvalue weighted by Gasteiger charge is -2.21. The van der Waals surface area contributed by atoms with Crippen molar-refractivity contribution in [2.75, 3.05) is 19.8 Å². The van der Waals surface area contributed by atoms with Crippen molar-refractivity contribution < 1.29 is 9.13 Å². The van der Waals surface area contributed by atoms with Crippen LogP contribution >= 0.6 is 0 Å². The molecule has 0 aromatic carbocycles. The molecule has 0 aliphatic heterocycles. The number of ether oxygens (including phenoxy) is 1. The molecule has 0 saturated heterocycles. The van der Waals surface area contributed by atoms with Gasteiger partial charge in [-0.05, 0) is 13.8 Å². The molecule has 0 bridgehead atoms. The Morgan fingerprint density at radius 3 is 2.44 bits per heavy atom. The highest BCUT2D eigenvalue weighted by Gasteiger charge is 2.14. The molecule has 2 nitrogen and oxygen atoms in total. The second-order valence-electron chi connectivity index (χ2n) is 2.50. The van der Waals surface area contributed by atoms with Crippen LogP contribution in [0.25, 0.3) is 0 Å². The summed E-state index contributed by atoms with van der Waals surface area (Å²) in [5, 5.41) is 0. The van der Waals surface area contributed by atoms with Crippen LogP contribution in [-0.2, 0) is 4.74 Å². The topological polar surface area (TPSA) is 35.2 Å². The van der Waals surface area contributed by atoms with Crippen LogP contribution in [0.3, 0.4) is 0 Å². The molecule has 0 atom stereocenters. The van der Waals surface area contributed by atoms with Crippen molar-refractivity contribution in [2.24, 2.45) is 5.73 Å². The molecule has 0 rings (SSSR count). The van der Waals surface area contributed by atoms with Crippen LogP contribution in [0.5, 0.6) is 0 Å². The second kappa shape index (κ2) is 3.80. The molecule has 0 heterocycles. The van der Waals surface area contributed by atoms with Crippen molar-refractivity contribution >= 4 is 0 Å². The lowest BCUT2D eigenvalue weighted by Crippen LogP contribution is -2.34.